The average molecular weight is 502 g/mol. The van der Waals surface area contributed by atoms with Crippen molar-refractivity contribution in [2.24, 2.45) is 0 Å². The summed E-state index contributed by atoms with van der Waals surface area (Å²) >= 11 is -3.67. The predicted octanol–water partition coefficient (Wildman–Crippen LogP) is 5.97. The molecular weight excluding hydrogens is 492 g/mol. The first-order valence-electron chi connectivity index (χ1n) is 6.33. The van der Waals surface area contributed by atoms with Crippen LogP contribution in [0.1, 0.15) is 20.8 Å². The summed E-state index contributed by atoms with van der Waals surface area (Å²) in [6.45, 7) is 2.33. The van der Waals surface area contributed by atoms with Crippen LogP contribution >= 0.6 is 0 Å². The molecular formula is C11H10AsF15. The molecule has 16 heteroatoms. The molecule has 1 atom stereocenters. The van der Waals surface area contributed by atoms with Crippen LogP contribution in [0.25, 0.3) is 0 Å². The van der Waals surface area contributed by atoms with Gasteiger partial charge in [0.15, 0.2) is 0 Å². The SMILES string of the molecule is CC(C)(C)[AsH]C(F)(F)C(F)(F)C(F)(F)C(F)(F)C(F)(F)C(F)(F)C(F)(F)F. The number of alkyl halides is 15. The van der Waals surface area contributed by atoms with Crippen LogP contribution in [0.4, 0.5) is 65.9 Å². The normalized spacial score (nSPS) is 17.1. The quantitative estimate of drug-likeness (QED) is 0.310. The van der Waals surface area contributed by atoms with E-state index in [1.54, 1.807) is 0 Å². The molecule has 1 unspecified atom stereocenters. The summed E-state index contributed by atoms with van der Waals surface area (Å²) in [5, 5.41) is 0. The van der Waals surface area contributed by atoms with E-state index in [1.807, 2.05) is 0 Å². The van der Waals surface area contributed by atoms with Gasteiger partial charge in [-0.3, -0.25) is 0 Å². The molecule has 0 aromatic carbocycles. The summed E-state index contributed by atoms with van der Waals surface area (Å²) in [6, 6.07) is 0. The Balaban J connectivity index is 6.47. The van der Waals surface area contributed by atoms with Crippen LogP contribution in [0.5, 0.6) is 0 Å². The monoisotopic (exact) mass is 502 g/mol. The van der Waals surface area contributed by atoms with Gasteiger partial charge in [-0.05, 0) is 0 Å². The molecule has 0 amide bonds. The van der Waals surface area contributed by atoms with Crippen LogP contribution in [0.2, 0.25) is 4.20 Å². The Kier molecular flexibility index (Phi) is 6.39. The molecule has 0 aromatic rings. The third-order valence-electron chi connectivity index (χ3n) is 2.86. The molecule has 0 heterocycles. The fourth-order valence-electron chi connectivity index (χ4n) is 1.52. The molecule has 27 heavy (non-hydrogen) atoms. The van der Waals surface area contributed by atoms with Gasteiger partial charge >= 0.3 is 147 Å². The summed E-state index contributed by atoms with van der Waals surface area (Å²) in [5.41, 5.74) is 0. The summed E-state index contributed by atoms with van der Waals surface area (Å²) in [4.78, 5) is 0. The fourth-order valence-corrected chi connectivity index (χ4v) is 4.15. The summed E-state index contributed by atoms with van der Waals surface area (Å²) in [7, 11) is 0. The van der Waals surface area contributed by atoms with Crippen molar-refractivity contribution in [1.29, 1.82) is 0 Å². The molecule has 0 fully saturated rings. The van der Waals surface area contributed by atoms with E-state index in [0.717, 1.165) is 20.8 Å². The van der Waals surface area contributed by atoms with Gasteiger partial charge in [-0.25, -0.2) is 0 Å². The zero-order valence-corrected chi connectivity index (χ0v) is 15.3. The molecule has 0 aromatic heterocycles. The van der Waals surface area contributed by atoms with Gasteiger partial charge in [0.1, 0.15) is 0 Å². The molecule has 0 aliphatic carbocycles. The van der Waals surface area contributed by atoms with Crippen LogP contribution in [0, 0.1) is 0 Å². The molecule has 0 aliphatic heterocycles. The number of hydrogen-bond acceptors (Lipinski definition) is 0. The second kappa shape index (κ2) is 6.51. The average Bonchev–Trinajstić information content (AvgIpc) is 2.33. The van der Waals surface area contributed by atoms with E-state index in [-0.39, 0.29) is 0 Å². The van der Waals surface area contributed by atoms with Crippen LogP contribution in [-0.2, 0) is 0 Å². The number of halogens is 15. The molecule has 164 valence electrons. The maximum atomic E-state index is 13.5. The van der Waals surface area contributed by atoms with Crippen molar-refractivity contribution in [3.05, 3.63) is 0 Å². The first-order valence-corrected chi connectivity index (χ1v) is 8.43. The van der Waals surface area contributed by atoms with Crippen LogP contribution in [-0.4, -0.2) is 56.3 Å². The van der Waals surface area contributed by atoms with Crippen LogP contribution < -0.4 is 0 Å². The predicted molar refractivity (Wildman–Crippen MR) is 62.6 cm³/mol. The van der Waals surface area contributed by atoms with Gasteiger partial charge < -0.3 is 0 Å². The second-order valence-corrected chi connectivity index (χ2v) is 11.3. The van der Waals surface area contributed by atoms with Gasteiger partial charge in [-0.15, -0.1) is 0 Å². The van der Waals surface area contributed by atoms with E-state index in [0.29, 0.717) is 0 Å². The maximum absolute atomic E-state index is 13.5. The van der Waals surface area contributed by atoms with Gasteiger partial charge in [-0.2, -0.15) is 0 Å². The fraction of sp³-hybridized carbons (Fsp3) is 1.00. The number of rotatable bonds is 6. The van der Waals surface area contributed by atoms with E-state index in [1.165, 1.54) is 0 Å². The van der Waals surface area contributed by atoms with E-state index in [2.05, 4.69) is 0 Å². The van der Waals surface area contributed by atoms with Gasteiger partial charge in [0.2, 0.25) is 0 Å². The Morgan fingerprint density at radius 3 is 0.926 bits per heavy atom. The zero-order valence-electron chi connectivity index (χ0n) is 13.2. The Morgan fingerprint density at radius 2 is 0.667 bits per heavy atom. The summed E-state index contributed by atoms with van der Waals surface area (Å²) < 4.78 is 186. The van der Waals surface area contributed by atoms with Crippen LogP contribution in [0.15, 0.2) is 0 Å². The van der Waals surface area contributed by atoms with Crippen molar-refractivity contribution < 1.29 is 65.9 Å². The van der Waals surface area contributed by atoms with Crippen LogP contribution in [0.3, 0.4) is 0 Å². The third kappa shape index (κ3) is 3.98. The topological polar surface area (TPSA) is 0 Å². The van der Waals surface area contributed by atoms with Crippen molar-refractivity contribution in [3.8, 4) is 0 Å². The summed E-state index contributed by atoms with van der Waals surface area (Å²) in [5.74, 6) is -39.6. The minimum absolute atomic E-state index is 0.777. The number of hydrogen-bond donors (Lipinski definition) is 0. The molecule has 0 aliphatic rings. The Labute approximate surface area is 148 Å². The van der Waals surface area contributed by atoms with Crippen molar-refractivity contribution in [3.63, 3.8) is 0 Å². The van der Waals surface area contributed by atoms with E-state index in [9.17, 15) is 65.9 Å². The third-order valence-corrected chi connectivity index (χ3v) is 5.75. The molecule has 0 saturated carbocycles. The van der Waals surface area contributed by atoms with E-state index in [4.69, 9.17) is 0 Å². The minimum atomic E-state index is -8.20. The van der Waals surface area contributed by atoms with Gasteiger partial charge in [-0.1, -0.05) is 0 Å². The molecule has 0 bridgehead atoms. The standard InChI is InChI=1S/C11H10AsF15/c1-4(2,3)12-10(23,24)8(19,20)6(15,16)5(13,14)7(17,18)9(21,22)11(25,26)27/h12H,1-3H3. The second-order valence-electron chi connectivity index (χ2n) is 6.32. The van der Waals surface area contributed by atoms with Gasteiger partial charge in [0.05, 0.1) is 0 Å². The molecule has 0 spiro atoms. The molecule has 0 N–H and O–H groups in total. The summed E-state index contributed by atoms with van der Waals surface area (Å²) in [6.07, 6.45) is -7.58. The van der Waals surface area contributed by atoms with E-state index < -0.39 is 60.5 Å². The Hall–Kier alpha value is -0.492. The van der Waals surface area contributed by atoms with Crippen molar-refractivity contribution in [2.75, 3.05) is 0 Å². The first-order chi connectivity index (χ1) is 11.2. The first kappa shape index (κ1) is 26.5. The molecule has 0 radical (unpaired) electrons. The van der Waals surface area contributed by atoms with E-state index >= 15 is 0 Å². The van der Waals surface area contributed by atoms with Gasteiger partial charge in [0, 0.05) is 0 Å². The van der Waals surface area contributed by atoms with Crippen molar-refractivity contribution in [2.45, 2.75) is 65.5 Å². The molecule has 0 nitrogen and oxygen atoms in total. The van der Waals surface area contributed by atoms with Crippen molar-refractivity contribution >= 4 is 15.8 Å². The molecule has 0 rings (SSSR count). The molecule has 0 saturated heterocycles. The zero-order chi connectivity index (χ0) is 22.7. The van der Waals surface area contributed by atoms with Crippen molar-refractivity contribution in [1.82, 2.24) is 0 Å². The Morgan fingerprint density at radius 1 is 0.407 bits per heavy atom. The Bertz CT molecular complexity index is 539. The van der Waals surface area contributed by atoms with Gasteiger partial charge in [0.25, 0.3) is 0 Å².